The van der Waals surface area contributed by atoms with Gasteiger partial charge in [0.05, 0.1) is 18.6 Å². The molecule has 0 aromatic heterocycles. The van der Waals surface area contributed by atoms with E-state index in [1.165, 1.54) is 0 Å². The molecule has 0 aromatic carbocycles. The Morgan fingerprint density at radius 2 is 2.00 bits per heavy atom. The van der Waals surface area contributed by atoms with Gasteiger partial charge in [-0.2, -0.15) is 0 Å². The van der Waals surface area contributed by atoms with Crippen molar-refractivity contribution >= 4 is 12.0 Å². The van der Waals surface area contributed by atoms with Crippen molar-refractivity contribution in [3.63, 3.8) is 0 Å². The Bertz CT molecular complexity index is 359. The lowest BCUT2D eigenvalue weighted by atomic mass is 9.87. The molecule has 1 fully saturated rings. The van der Waals surface area contributed by atoms with Gasteiger partial charge in [-0.15, -0.1) is 0 Å². The average Bonchev–Trinajstić information content (AvgIpc) is 2.77. The fourth-order valence-electron chi connectivity index (χ4n) is 2.65. The number of amides is 2. The zero-order valence-electron chi connectivity index (χ0n) is 13.4. The second-order valence-electron chi connectivity index (χ2n) is 7.02. The fraction of sp³-hybridized carbons (Fsp3) is 0.867. The molecule has 0 saturated carbocycles. The number of carboxylic acids is 1. The van der Waals surface area contributed by atoms with Crippen LogP contribution in [0, 0.1) is 5.41 Å². The maximum absolute atomic E-state index is 12.0. The van der Waals surface area contributed by atoms with Crippen molar-refractivity contribution < 1.29 is 19.4 Å². The summed E-state index contributed by atoms with van der Waals surface area (Å²) in [5.74, 6) is -0.906. The number of hydrogen-bond donors (Lipinski definition) is 3. The molecule has 2 amide bonds. The Kier molecular flexibility index (Phi) is 6.45. The lowest BCUT2D eigenvalue weighted by molar-refractivity contribution is -0.137. The van der Waals surface area contributed by atoms with Gasteiger partial charge in [0.2, 0.25) is 0 Å². The molecule has 0 bridgehead atoms. The van der Waals surface area contributed by atoms with E-state index in [9.17, 15) is 9.59 Å². The van der Waals surface area contributed by atoms with Crippen LogP contribution in [0.5, 0.6) is 0 Å². The Balaban J connectivity index is 2.48. The lowest BCUT2D eigenvalue weighted by Crippen LogP contribution is -2.50. The topological polar surface area (TPSA) is 87.7 Å². The van der Waals surface area contributed by atoms with Gasteiger partial charge in [-0.25, -0.2) is 4.79 Å². The molecular weight excluding hydrogens is 272 g/mol. The largest absolute Gasteiger partial charge is 0.481 e. The van der Waals surface area contributed by atoms with Crippen LogP contribution in [0.4, 0.5) is 4.79 Å². The van der Waals surface area contributed by atoms with Crippen LogP contribution in [0.1, 0.15) is 53.4 Å². The Hall–Kier alpha value is -1.30. The van der Waals surface area contributed by atoms with Gasteiger partial charge in [-0.05, 0) is 31.6 Å². The summed E-state index contributed by atoms with van der Waals surface area (Å²) in [6, 6.07) is -0.777. The molecule has 1 saturated heterocycles. The number of nitrogens with one attached hydrogen (secondary N) is 2. The van der Waals surface area contributed by atoms with E-state index < -0.39 is 5.97 Å². The zero-order valence-corrected chi connectivity index (χ0v) is 13.4. The van der Waals surface area contributed by atoms with E-state index >= 15 is 0 Å². The minimum Gasteiger partial charge on any atom is -0.481 e. The van der Waals surface area contributed by atoms with Crippen LogP contribution in [0.25, 0.3) is 0 Å². The highest BCUT2D eigenvalue weighted by atomic mass is 16.5. The van der Waals surface area contributed by atoms with E-state index in [1.54, 1.807) is 0 Å². The first kappa shape index (κ1) is 17.8. The van der Waals surface area contributed by atoms with Crippen molar-refractivity contribution in [2.24, 2.45) is 5.41 Å². The van der Waals surface area contributed by atoms with E-state index in [4.69, 9.17) is 9.84 Å². The van der Waals surface area contributed by atoms with Crippen molar-refractivity contribution in [2.45, 2.75) is 71.6 Å². The lowest BCUT2D eigenvalue weighted by Gasteiger charge is -2.27. The summed E-state index contributed by atoms with van der Waals surface area (Å²) in [6.45, 7) is 8.72. The van der Waals surface area contributed by atoms with Gasteiger partial charge in [0.1, 0.15) is 0 Å². The van der Waals surface area contributed by atoms with Gasteiger partial charge in [0.25, 0.3) is 0 Å². The van der Waals surface area contributed by atoms with E-state index in [1.807, 2.05) is 27.7 Å². The second kappa shape index (κ2) is 7.64. The Morgan fingerprint density at radius 3 is 2.48 bits per heavy atom. The molecule has 1 aliphatic heterocycles. The molecule has 1 rings (SSSR count). The maximum atomic E-state index is 12.0. The Morgan fingerprint density at radius 1 is 1.33 bits per heavy atom. The van der Waals surface area contributed by atoms with Gasteiger partial charge in [0.15, 0.2) is 0 Å². The van der Waals surface area contributed by atoms with Gasteiger partial charge < -0.3 is 20.5 Å². The minimum atomic E-state index is -0.906. The number of aliphatic carboxylic acids is 1. The first-order chi connectivity index (χ1) is 9.67. The smallest absolute Gasteiger partial charge is 0.315 e. The van der Waals surface area contributed by atoms with E-state index in [0.29, 0.717) is 6.42 Å². The third-order valence-corrected chi connectivity index (χ3v) is 3.50. The molecule has 122 valence electrons. The number of hydrogen-bond acceptors (Lipinski definition) is 3. The summed E-state index contributed by atoms with van der Waals surface area (Å²) in [6.07, 6.45) is 2.56. The molecule has 3 atom stereocenters. The Labute approximate surface area is 126 Å². The highest BCUT2D eigenvalue weighted by Gasteiger charge is 2.26. The van der Waals surface area contributed by atoms with Crippen molar-refractivity contribution in [3.8, 4) is 0 Å². The van der Waals surface area contributed by atoms with Crippen LogP contribution in [0.3, 0.4) is 0 Å². The fourth-order valence-corrected chi connectivity index (χ4v) is 2.65. The van der Waals surface area contributed by atoms with E-state index in [2.05, 4.69) is 10.6 Å². The first-order valence-electron chi connectivity index (χ1n) is 7.58. The molecule has 0 radical (unpaired) electrons. The van der Waals surface area contributed by atoms with Crippen LogP contribution in [0.2, 0.25) is 0 Å². The number of carbonyl (C=O) groups is 2. The van der Waals surface area contributed by atoms with Gasteiger partial charge in [-0.3, -0.25) is 4.79 Å². The summed E-state index contributed by atoms with van der Waals surface area (Å²) in [5.41, 5.74) is -0.0480. The predicted octanol–water partition coefficient (Wildman–Crippen LogP) is 2.13. The molecule has 3 N–H and O–H groups in total. The van der Waals surface area contributed by atoms with Gasteiger partial charge in [0, 0.05) is 12.6 Å². The zero-order chi connectivity index (χ0) is 16.0. The van der Waals surface area contributed by atoms with Gasteiger partial charge in [-0.1, -0.05) is 20.8 Å². The molecule has 21 heavy (non-hydrogen) atoms. The highest BCUT2D eigenvalue weighted by molar-refractivity contribution is 5.76. The normalized spacial score (nSPS) is 21.6. The monoisotopic (exact) mass is 300 g/mol. The number of rotatable bonds is 6. The predicted molar refractivity (Wildman–Crippen MR) is 80.2 cm³/mol. The molecule has 6 heteroatoms. The summed E-state index contributed by atoms with van der Waals surface area (Å²) in [4.78, 5) is 22.9. The van der Waals surface area contributed by atoms with E-state index in [0.717, 1.165) is 19.4 Å². The van der Waals surface area contributed by atoms with Crippen LogP contribution in [-0.4, -0.2) is 41.9 Å². The number of carboxylic acid groups (broad SMARTS) is 1. The third-order valence-electron chi connectivity index (χ3n) is 3.50. The summed E-state index contributed by atoms with van der Waals surface area (Å²) in [7, 11) is 0. The molecule has 0 aromatic rings. The number of ether oxygens (including phenoxy) is 1. The molecule has 6 nitrogen and oxygen atoms in total. The number of carbonyl (C=O) groups excluding carboxylic acids is 1. The SMILES string of the molecule is CC(NC(=O)NC(CC(=O)O)CC(C)(C)C)C1CCCO1. The van der Waals surface area contributed by atoms with E-state index in [-0.39, 0.29) is 36.1 Å². The second-order valence-corrected chi connectivity index (χ2v) is 7.02. The van der Waals surface area contributed by atoms with Crippen LogP contribution in [0.15, 0.2) is 0 Å². The highest BCUT2D eigenvalue weighted by Crippen LogP contribution is 2.22. The molecular formula is C15H28N2O4. The molecule has 1 aliphatic rings. The van der Waals surface area contributed by atoms with Gasteiger partial charge >= 0.3 is 12.0 Å². The standard InChI is InChI=1S/C15H28N2O4/c1-10(12-6-5-7-21-12)16-14(20)17-11(8-13(18)19)9-15(2,3)4/h10-12H,5-9H2,1-4H3,(H,18,19)(H2,16,17,20). The van der Waals surface area contributed by atoms with Crippen LogP contribution < -0.4 is 10.6 Å². The average molecular weight is 300 g/mol. The van der Waals surface area contributed by atoms with Crippen molar-refractivity contribution in [1.82, 2.24) is 10.6 Å². The molecule has 0 aliphatic carbocycles. The third kappa shape index (κ3) is 7.32. The van der Waals surface area contributed by atoms with Crippen LogP contribution >= 0.6 is 0 Å². The molecule has 0 spiro atoms. The maximum Gasteiger partial charge on any atom is 0.315 e. The summed E-state index contributed by atoms with van der Waals surface area (Å²) >= 11 is 0. The number of urea groups is 1. The molecule has 3 unspecified atom stereocenters. The minimum absolute atomic E-state index is 0.0480. The summed E-state index contributed by atoms with van der Waals surface area (Å²) in [5, 5.41) is 14.6. The van der Waals surface area contributed by atoms with Crippen molar-refractivity contribution in [1.29, 1.82) is 0 Å². The van der Waals surface area contributed by atoms with Crippen LogP contribution in [-0.2, 0) is 9.53 Å². The first-order valence-corrected chi connectivity index (χ1v) is 7.58. The quantitative estimate of drug-likeness (QED) is 0.701. The molecule has 1 heterocycles. The van der Waals surface area contributed by atoms with Crippen molar-refractivity contribution in [3.05, 3.63) is 0 Å². The van der Waals surface area contributed by atoms with Crippen molar-refractivity contribution in [2.75, 3.05) is 6.61 Å². The summed E-state index contributed by atoms with van der Waals surface area (Å²) < 4.78 is 5.53.